The van der Waals surface area contributed by atoms with Crippen LogP contribution in [0, 0.1) is 0 Å². The molecule has 0 heterocycles. The van der Waals surface area contributed by atoms with Gasteiger partial charge >= 0.3 is 0 Å². The maximum absolute atomic E-state index is 12.4. The summed E-state index contributed by atoms with van der Waals surface area (Å²) in [5.41, 5.74) is 0.706. The summed E-state index contributed by atoms with van der Waals surface area (Å²) in [6, 6.07) is 7.39. The van der Waals surface area contributed by atoms with E-state index in [1.165, 1.54) is 6.42 Å². The summed E-state index contributed by atoms with van der Waals surface area (Å²) in [6.07, 6.45) is 5.51. The van der Waals surface area contributed by atoms with Gasteiger partial charge in [-0.2, -0.15) is 11.8 Å². The third-order valence-electron chi connectivity index (χ3n) is 3.64. The van der Waals surface area contributed by atoms with Crippen molar-refractivity contribution >= 4 is 27.5 Å². The smallest absolute Gasteiger partial charge is 0.242 e. The number of nitrogens with one attached hydrogen (secondary N) is 2. The topological polar surface area (TPSA) is 58.2 Å². The van der Waals surface area contributed by atoms with Gasteiger partial charge in [-0.3, -0.25) is 0 Å². The van der Waals surface area contributed by atoms with E-state index < -0.39 is 10.0 Å². The predicted molar refractivity (Wildman–Crippen MR) is 90.5 cm³/mol. The maximum atomic E-state index is 12.4. The minimum absolute atomic E-state index is 0.115. The summed E-state index contributed by atoms with van der Waals surface area (Å²) >= 11 is 1.89. The Morgan fingerprint density at radius 3 is 2.57 bits per heavy atom. The quantitative estimate of drug-likeness (QED) is 0.842. The predicted octanol–water partition coefficient (Wildman–Crippen LogP) is 3.07. The maximum Gasteiger partial charge on any atom is 0.242 e. The highest BCUT2D eigenvalue weighted by molar-refractivity contribution is 7.99. The van der Waals surface area contributed by atoms with Crippen molar-refractivity contribution < 1.29 is 8.42 Å². The van der Waals surface area contributed by atoms with Gasteiger partial charge in [0.1, 0.15) is 4.90 Å². The number of anilines is 1. The molecule has 21 heavy (non-hydrogen) atoms. The Balaban J connectivity index is 2.18. The Hall–Kier alpha value is -0.720. The van der Waals surface area contributed by atoms with Crippen LogP contribution in [0.4, 0.5) is 5.69 Å². The van der Waals surface area contributed by atoms with Crippen molar-refractivity contribution in [3.63, 3.8) is 0 Å². The number of benzene rings is 1. The summed E-state index contributed by atoms with van der Waals surface area (Å²) in [5, 5.41) is 4.10. The molecular formula is C15H24N2O2S2. The zero-order valence-electron chi connectivity index (χ0n) is 12.8. The minimum atomic E-state index is -3.47. The molecule has 1 aliphatic carbocycles. The molecule has 4 nitrogen and oxygen atoms in total. The molecule has 0 bridgehead atoms. The lowest BCUT2D eigenvalue weighted by Crippen LogP contribution is -2.31. The van der Waals surface area contributed by atoms with Gasteiger partial charge in [-0.1, -0.05) is 12.1 Å². The van der Waals surface area contributed by atoms with Gasteiger partial charge in [0.15, 0.2) is 0 Å². The van der Waals surface area contributed by atoms with Gasteiger partial charge in [-0.15, -0.1) is 0 Å². The van der Waals surface area contributed by atoms with E-state index in [1.807, 2.05) is 37.7 Å². The fourth-order valence-electron chi connectivity index (χ4n) is 2.70. The molecule has 2 unspecified atom stereocenters. The van der Waals surface area contributed by atoms with Gasteiger partial charge < -0.3 is 5.32 Å². The molecule has 0 spiro atoms. The van der Waals surface area contributed by atoms with Gasteiger partial charge in [0, 0.05) is 17.3 Å². The number of para-hydroxylation sites is 1. The van der Waals surface area contributed by atoms with E-state index in [0.717, 1.165) is 12.8 Å². The normalized spacial score (nSPS) is 22.7. The molecule has 0 aromatic heterocycles. The molecule has 6 heteroatoms. The van der Waals surface area contributed by atoms with E-state index in [0.29, 0.717) is 21.9 Å². The van der Waals surface area contributed by atoms with E-state index in [9.17, 15) is 8.42 Å². The Morgan fingerprint density at radius 2 is 1.95 bits per heavy atom. The first kappa shape index (κ1) is 16.6. The highest BCUT2D eigenvalue weighted by atomic mass is 32.2. The van der Waals surface area contributed by atoms with E-state index in [2.05, 4.69) is 16.3 Å². The third-order valence-corrected chi connectivity index (χ3v) is 6.46. The second-order valence-corrected chi connectivity index (χ2v) is 8.60. The number of hydrogen-bond donors (Lipinski definition) is 2. The van der Waals surface area contributed by atoms with Crippen LogP contribution in [0.1, 0.15) is 33.1 Å². The second kappa shape index (κ2) is 7.03. The largest absolute Gasteiger partial charge is 0.381 e. The zero-order chi connectivity index (χ0) is 15.5. The van der Waals surface area contributed by atoms with E-state index >= 15 is 0 Å². The number of thioether (sulfide) groups is 1. The highest BCUT2D eigenvalue weighted by Gasteiger charge is 2.26. The number of rotatable bonds is 6. The van der Waals surface area contributed by atoms with Crippen molar-refractivity contribution in [3.05, 3.63) is 24.3 Å². The van der Waals surface area contributed by atoms with Gasteiger partial charge in [-0.25, -0.2) is 13.1 Å². The summed E-state index contributed by atoms with van der Waals surface area (Å²) in [4.78, 5) is 0.339. The molecule has 1 saturated carbocycles. The van der Waals surface area contributed by atoms with Gasteiger partial charge in [0.2, 0.25) is 10.0 Å². The summed E-state index contributed by atoms with van der Waals surface area (Å²) in [5.74, 6) is 0. The molecule has 1 aromatic rings. The van der Waals surface area contributed by atoms with E-state index in [4.69, 9.17) is 0 Å². The standard InChI is InChI=1S/C15H24N2O2S2/c1-11(2)17-21(18,19)15-7-5-4-6-14(15)16-12-8-9-13(10-12)20-3/h4-7,11-13,16-17H,8-10H2,1-3H3. The summed E-state index contributed by atoms with van der Waals surface area (Å²) in [6.45, 7) is 3.65. The molecule has 1 aliphatic rings. The fourth-order valence-corrected chi connectivity index (χ4v) is 4.92. The first-order valence-electron chi connectivity index (χ1n) is 7.33. The van der Waals surface area contributed by atoms with E-state index in [-0.39, 0.29) is 6.04 Å². The molecule has 2 rings (SSSR count). The van der Waals surface area contributed by atoms with Crippen LogP contribution >= 0.6 is 11.8 Å². The molecule has 0 saturated heterocycles. The van der Waals surface area contributed by atoms with Crippen molar-refractivity contribution in [2.45, 2.75) is 55.3 Å². The van der Waals surface area contributed by atoms with Crippen molar-refractivity contribution in [2.75, 3.05) is 11.6 Å². The van der Waals surface area contributed by atoms with Crippen LogP contribution in [0.2, 0.25) is 0 Å². The average Bonchev–Trinajstić information content (AvgIpc) is 2.85. The van der Waals surface area contributed by atoms with Crippen LogP contribution in [0.25, 0.3) is 0 Å². The third kappa shape index (κ3) is 4.37. The molecule has 0 aliphatic heterocycles. The Bertz CT molecular complexity index is 573. The average molecular weight is 329 g/mol. The van der Waals surface area contributed by atoms with Crippen molar-refractivity contribution in [2.24, 2.45) is 0 Å². The van der Waals surface area contributed by atoms with Crippen molar-refractivity contribution in [1.29, 1.82) is 0 Å². The molecule has 118 valence electrons. The van der Waals surface area contributed by atoms with Crippen LogP contribution in [0.3, 0.4) is 0 Å². The lowest BCUT2D eigenvalue weighted by Gasteiger charge is -2.18. The lowest BCUT2D eigenvalue weighted by molar-refractivity contribution is 0.570. The van der Waals surface area contributed by atoms with Crippen LogP contribution in [-0.2, 0) is 10.0 Å². The second-order valence-electron chi connectivity index (χ2n) is 5.78. The van der Waals surface area contributed by atoms with Crippen LogP contribution < -0.4 is 10.0 Å². The Labute approximate surface area is 132 Å². The monoisotopic (exact) mass is 328 g/mol. The molecule has 2 N–H and O–H groups in total. The number of sulfonamides is 1. The molecule has 1 aromatic carbocycles. The SMILES string of the molecule is CSC1CCC(Nc2ccccc2S(=O)(=O)NC(C)C)C1. The first-order valence-corrected chi connectivity index (χ1v) is 10.1. The summed E-state index contributed by atoms with van der Waals surface area (Å²) < 4.78 is 27.5. The molecular weight excluding hydrogens is 304 g/mol. The van der Waals surface area contributed by atoms with Crippen LogP contribution in [0.5, 0.6) is 0 Å². The van der Waals surface area contributed by atoms with Gasteiger partial charge in [0.25, 0.3) is 0 Å². The molecule has 2 atom stereocenters. The van der Waals surface area contributed by atoms with Crippen molar-refractivity contribution in [1.82, 2.24) is 4.72 Å². The fraction of sp³-hybridized carbons (Fsp3) is 0.600. The minimum Gasteiger partial charge on any atom is -0.381 e. The highest BCUT2D eigenvalue weighted by Crippen LogP contribution is 2.31. The Kier molecular flexibility index (Phi) is 5.57. The molecule has 1 fully saturated rings. The molecule has 0 amide bonds. The Morgan fingerprint density at radius 1 is 1.24 bits per heavy atom. The van der Waals surface area contributed by atoms with Crippen molar-refractivity contribution in [3.8, 4) is 0 Å². The van der Waals surface area contributed by atoms with Crippen LogP contribution in [-0.4, -0.2) is 32.0 Å². The van der Waals surface area contributed by atoms with Gasteiger partial charge in [-0.05, 0) is 51.5 Å². The first-order chi connectivity index (χ1) is 9.92. The zero-order valence-corrected chi connectivity index (χ0v) is 14.4. The lowest BCUT2D eigenvalue weighted by atomic mass is 10.2. The summed E-state index contributed by atoms with van der Waals surface area (Å²) in [7, 11) is -3.47. The van der Waals surface area contributed by atoms with E-state index in [1.54, 1.807) is 12.1 Å². The molecule has 0 radical (unpaired) electrons. The number of hydrogen-bond acceptors (Lipinski definition) is 4. The van der Waals surface area contributed by atoms with Crippen LogP contribution in [0.15, 0.2) is 29.2 Å². The van der Waals surface area contributed by atoms with Gasteiger partial charge in [0.05, 0.1) is 5.69 Å².